The first-order valence-corrected chi connectivity index (χ1v) is 4.34. The SMILES string of the molecule is N#Cc1cc(F)cc2c1NCCC2F. The van der Waals surface area contributed by atoms with Crippen molar-refractivity contribution >= 4 is 5.69 Å². The second-order valence-electron chi connectivity index (χ2n) is 3.21. The number of nitrogens with one attached hydrogen (secondary N) is 1. The molecule has 1 heterocycles. The number of hydrogen-bond acceptors (Lipinski definition) is 2. The van der Waals surface area contributed by atoms with E-state index in [0.29, 0.717) is 18.7 Å². The number of anilines is 1. The highest BCUT2D eigenvalue weighted by Gasteiger charge is 2.22. The molecular weight excluding hydrogens is 186 g/mol. The second-order valence-corrected chi connectivity index (χ2v) is 3.21. The maximum absolute atomic E-state index is 13.4. The van der Waals surface area contributed by atoms with Crippen LogP contribution in [0, 0.1) is 17.1 Å². The summed E-state index contributed by atoms with van der Waals surface area (Å²) >= 11 is 0. The molecule has 2 nitrogen and oxygen atoms in total. The molecule has 0 aromatic heterocycles. The lowest BCUT2D eigenvalue weighted by molar-refractivity contribution is 0.323. The van der Waals surface area contributed by atoms with Crippen molar-refractivity contribution in [1.82, 2.24) is 0 Å². The second kappa shape index (κ2) is 3.26. The third-order valence-corrected chi connectivity index (χ3v) is 2.29. The maximum atomic E-state index is 13.4. The third-order valence-electron chi connectivity index (χ3n) is 2.29. The first-order valence-electron chi connectivity index (χ1n) is 4.34. The molecular formula is C10H8F2N2. The predicted molar refractivity (Wildman–Crippen MR) is 48.1 cm³/mol. The molecule has 0 bridgehead atoms. The predicted octanol–water partition coefficient (Wildman–Crippen LogP) is 2.52. The van der Waals surface area contributed by atoms with Crippen molar-refractivity contribution < 1.29 is 8.78 Å². The number of nitrogens with zero attached hydrogens (tertiary/aromatic N) is 1. The zero-order valence-electron chi connectivity index (χ0n) is 7.35. The number of alkyl halides is 1. The zero-order chi connectivity index (χ0) is 10.1. The van der Waals surface area contributed by atoms with Gasteiger partial charge in [0.2, 0.25) is 0 Å². The van der Waals surface area contributed by atoms with Crippen molar-refractivity contribution in [1.29, 1.82) is 5.26 Å². The molecule has 4 heteroatoms. The molecule has 1 unspecified atom stereocenters. The van der Waals surface area contributed by atoms with Gasteiger partial charge in [-0.15, -0.1) is 0 Å². The molecule has 1 N–H and O–H groups in total. The number of fused-ring (bicyclic) bond motifs is 1. The Bertz CT molecular complexity index is 409. The van der Waals surface area contributed by atoms with Crippen LogP contribution in [0.1, 0.15) is 23.7 Å². The molecule has 0 amide bonds. The lowest BCUT2D eigenvalue weighted by Crippen LogP contribution is -2.15. The van der Waals surface area contributed by atoms with Gasteiger partial charge in [-0.3, -0.25) is 0 Å². The van der Waals surface area contributed by atoms with Gasteiger partial charge in [-0.25, -0.2) is 8.78 Å². The standard InChI is InChI=1S/C10H8F2N2/c11-7-3-6(5-13)10-8(4-7)9(12)1-2-14-10/h3-4,9,14H,1-2H2. The van der Waals surface area contributed by atoms with Crippen molar-refractivity contribution in [3.05, 3.63) is 29.1 Å². The molecule has 1 aliphatic rings. The molecule has 72 valence electrons. The van der Waals surface area contributed by atoms with Gasteiger partial charge in [-0.2, -0.15) is 5.26 Å². The molecule has 2 rings (SSSR count). The van der Waals surface area contributed by atoms with Gasteiger partial charge < -0.3 is 5.32 Å². The smallest absolute Gasteiger partial charge is 0.129 e. The molecule has 0 saturated heterocycles. The molecule has 0 aliphatic carbocycles. The molecule has 1 aromatic carbocycles. The quantitative estimate of drug-likeness (QED) is 0.688. The van der Waals surface area contributed by atoms with Crippen LogP contribution < -0.4 is 5.32 Å². The van der Waals surface area contributed by atoms with E-state index in [1.54, 1.807) is 0 Å². The monoisotopic (exact) mass is 194 g/mol. The van der Waals surface area contributed by atoms with Crippen molar-refractivity contribution in [3.63, 3.8) is 0 Å². The van der Waals surface area contributed by atoms with Crippen LogP contribution in [0.15, 0.2) is 12.1 Å². The summed E-state index contributed by atoms with van der Waals surface area (Å²) in [5, 5.41) is 11.6. The van der Waals surface area contributed by atoms with Gasteiger partial charge in [-0.1, -0.05) is 0 Å². The van der Waals surface area contributed by atoms with E-state index < -0.39 is 12.0 Å². The Morgan fingerprint density at radius 3 is 3.00 bits per heavy atom. The highest BCUT2D eigenvalue weighted by atomic mass is 19.1. The van der Waals surface area contributed by atoms with E-state index in [0.717, 1.165) is 12.1 Å². The van der Waals surface area contributed by atoms with Crippen LogP contribution in [-0.4, -0.2) is 6.54 Å². The van der Waals surface area contributed by atoms with Crippen molar-refractivity contribution in [2.24, 2.45) is 0 Å². The van der Waals surface area contributed by atoms with E-state index >= 15 is 0 Å². The van der Waals surface area contributed by atoms with Gasteiger partial charge in [-0.05, 0) is 12.1 Å². The minimum Gasteiger partial charge on any atom is -0.384 e. The first kappa shape index (κ1) is 8.95. The molecule has 1 aromatic rings. The molecule has 0 spiro atoms. The fourth-order valence-corrected chi connectivity index (χ4v) is 1.64. The van der Waals surface area contributed by atoms with Crippen LogP contribution in [0.2, 0.25) is 0 Å². The number of hydrogen-bond donors (Lipinski definition) is 1. The summed E-state index contributed by atoms with van der Waals surface area (Å²) in [5.41, 5.74) is 0.864. The lowest BCUT2D eigenvalue weighted by atomic mass is 9.98. The minimum absolute atomic E-state index is 0.169. The van der Waals surface area contributed by atoms with E-state index in [-0.39, 0.29) is 11.1 Å². The van der Waals surface area contributed by atoms with Gasteiger partial charge >= 0.3 is 0 Å². The average molecular weight is 194 g/mol. The summed E-state index contributed by atoms with van der Waals surface area (Å²) in [6.45, 7) is 0.481. The number of halogens is 2. The molecule has 0 fully saturated rings. The molecule has 1 aliphatic heterocycles. The Balaban J connectivity index is 2.62. The lowest BCUT2D eigenvalue weighted by Gasteiger charge is -2.22. The Kier molecular flexibility index (Phi) is 2.08. The van der Waals surface area contributed by atoms with Crippen LogP contribution in [0.4, 0.5) is 14.5 Å². The Hall–Kier alpha value is -1.63. The van der Waals surface area contributed by atoms with Gasteiger partial charge in [0, 0.05) is 18.5 Å². The summed E-state index contributed by atoms with van der Waals surface area (Å²) in [6, 6.07) is 4.11. The topological polar surface area (TPSA) is 35.8 Å². The molecule has 1 atom stereocenters. The normalized spacial score (nSPS) is 19.4. The molecule has 0 radical (unpaired) electrons. The van der Waals surface area contributed by atoms with Crippen molar-refractivity contribution in [2.45, 2.75) is 12.6 Å². The summed E-state index contributed by atoms with van der Waals surface area (Å²) in [7, 11) is 0. The van der Waals surface area contributed by atoms with E-state index in [4.69, 9.17) is 5.26 Å². The van der Waals surface area contributed by atoms with Gasteiger partial charge in [0.1, 0.15) is 18.1 Å². The number of benzene rings is 1. The number of nitriles is 1. The van der Waals surface area contributed by atoms with Gasteiger partial charge in [0.25, 0.3) is 0 Å². The van der Waals surface area contributed by atoms with Crippen molar-refractivity contribution in [2.75, 3.05) is 11.9 Å². The van der Waals surface area contributed by atoms with Crippen molar-refractivity contribution in [3.8, 4) is 6.07 Å². The first-order chi connectivity index (χ1) is 6.72. The van der Waals surface area contributed by atoms with E-state index in [1.165, 1.54) is 0 Å². The van der Waals surface area contributed by atoms with Gasteiger partial charge in [0.05, 0.1) is 11.3 Å². The Morgan fingerprint density at radius 1 is 1.50 bits per heavy atom. The summed E-state index contributed by atoms with van der Waals surface area (Å²) < 4.78 is 26.3. The summed E-state index contributed by atoms with van der Waals surface area (Å²) in [4.78, 5) is 0. The fourth-order valence-electron chi connectivity index (χ4n) is 1.64. The summed E-state index contributed by atoms with van der Waals surface area (Å²) in [5.74, 6) is -0.563. The maximum Gasteiger partial charge on any atom is 0.129 e. The fraction of sp³-hybridized carbons (Fsp3) is 0.300. The molecule has 14 heavy (non-hydrogen) atoms. The van der Waals surface area contributed by atoms with E-state index in [9.17, 15) is 8.78 Å². The van der Waals surface area contributed by atoms with Crippen LogP contribution in [0.3, 0.4) is 0 Å². The van der Waals surface area contributed by atoms with E-state index in [1.807, 2.05) is 6.07 Å². The Labute approximate surface area is 80.2 Å². The molecule has 0 saturated carbocycles. The number of rotatable bonds is 0. The van der Waals surface area contributed by atoms with Crippen LogP contribution >= 0.6 is 0 Å². The zero-order valence-corrected chi connectivity index (χ0v) is 7.35. The van der Waals surface area contributed by atoms with Crippen LogP contribution in [-0.2, 0) is 0 Å². The highest BCUT2D eigenvalue weighted by Crippen LogP contribution is 2.35. The summed E-state index contributed by atoms with van der Waals surface area (Å²) in [6.07, 6.45) is -0.851. The van der Waals surface area contributed by atoms with Gasteiger partial charge in [0.15, 0.2) is 0 Å². The largest absolute Gasteiger partial charge is 0.384 e. The van der Waals surface area contributed by atoms with Crippen LogP contribution in [0.5, 0.6) is 0 Å². The Morgan fingerprint density at radius 2 is 2.29 bits per heavy atom. The third kappa shape index (κ3) is 1.31. The minimum atomic E-state index is -1.17. The van der Waals surface area contributed by atoms with Crippen LogP contribution in [0.25, 0.3) is 0 Å². The average Bonchev–Trinajstić information content (AvgIpc) is 2.18. The highest BCUT2D eigenvalue weighted by molar-refractivity contribution is 5.64. The van der Waals surface area contributed by atoms with E-state index in [2.05, 4.69) is 5.32 Å².